The smallest absolute Gasteiger partial charge is 0.280 e. The molecule has 2 aromatic carbocycles. The standard InChI is InChI=1S/C31H38N8O/c1-21-7-5-10-26-28(21)32-15-16-38(26)27-19-22-20-33-31(34-23-8-6-9-23)35-29(22)39(30(27)40)25-13-11-24(12-14-25)37(4)18-17-36(2)3/h5,7,10-14,19-20,23,32H,6,8-9,15-18H2,1-4H3,(H,33,34,35). The number of aromatic nitrogens is 3. The number of hydrogen-bond acceptors (Lipinski definition) is 8. The van der Waals surface area contributed by atoms with Gasteiger partial charge in [-0.1, -0.05) is 12.1 Å². The van der Waals surface area contributed by atoms with Crippen molar-refractivity contribution in [1.29, 1.82) is 0 Å². The van der Waals surface area contributed by atoms with Gasteiger partial charge in [0.15, 0.2) is 5.65 Å². The molecule has 2 aromatic heterocycles. The lowest BCUT2D eigenvalue weighted by molar-refractivity contribution is 0.416. The Morgan fingerprint density at radius 2 is 1.85 bits per heavy atom. The van der Waals surface area contributed by atoms with Gasteiger partial charge in [-0.05, 0) is 82.2 Å². The highest BCUT2D eigenvalue weighted by Crippen LogP contribution is 2.36. The van der Waals surface area contributed by atoms with Crippen LogP contribution in [-0.2, 0) is 0 Å². The summed E-state index contributed by atoms with van der Waals surface area (Å²) in [5.74, 6) is 0.571. The van der Waals surface area contributed by atoms with Crippen molar-refractivity contribution in [3.63, 3.8) is 0 Å². The molecule has 1 aliphatic carbocycles. The van der Waals surface area contributed by atoms with Crippen molar-refractivity contribution in [3.8, 4) is 5.69 Å². The zero-order chi connectivity index (χ0) is 27.8. The fourth-order valence-electron chi connectivity index (χ4n) is 5.43. The lowest BCUT2D eigenvalue weighted by Crippen LogP contribution is -2.35. The van der Waals surface area contributed by atoms with E-state index >= 15 is 0 Å². The molecule has 1 fully saturated rings. The summed E-state index contributed by atoms with van der Waals surface area (Å²) < 4.78 is 1.75. The third-order valence-corrected chi connectivity index (χ3v) is 8.06. The third-order valence-electron chi connectivity index (χ3n) is 8.06. The lowest BCUT2D eigenvalue weighted by Gasteiger charge is -2.33. The van der Waals surface area contributed by atoms with Crippen LogP contribution in [0.4, 0.5) is 28.7 Å². The highest BCUT2D eigenvalue weighted by Gasteiger charge is 2.25. The van der Waals surface area contributed by atoms with E-state index < -0.39 is 0 Å². The molecule has 1 aliphatic heterocycles. The summed E-state index contributed by atoms with van der Waals surface area (Å²) in [6, 6.07) is 16.7. The molecule has 40 heavy (non-hydrogen) atoms. The van der Waals surface area contributed by atoms with Gasteiger partial charge in [0, 0.05) is 56.5 Å². The molecule has 0 amide bonds. The number of hydrogen-bond donors (Lipinski definition) is 2. The van der Waals surface area contributed by atoms with Crippen LogP contribution >= 0.6 is 0 Å². The van der Waals surface area contributed by atoms with Crippen molar-refractivity contribution in [1.82, 2.24) is 19.4 Å². The third kappa shape index (κ3) is 4.97. The molecule has 2 N–H and O–H groups in total. The summed E-state index contributed by atoms with van der Waals surface area (Å²) >= 11 is 0. The molecule has 2 aliphatic rings. The second kappa shape index (κ2) is 10.8. The van der Waals surface area contributed by atoms with Gasteiger partial charge in [0.2, 0.25) is 5.95 Å². The number of rotatable bonds is 8. The zero-order valence-electron chi connectivity index (χ0n) is 23.8. The van der Waals surface area contributed by atoms with Gasteiger partial charge in [-0.3, -0.25) is 9.36 Å². The Kier molecular flexibility index (Phi) is 7.06. The van der Waals surface area contributed by atoms with Crippen LogP contribution in [0.25, 0.3) is 16.7 Å². The van der Waals surface area contributed by atoms with Gasteiger partial charge >= 0.3 is 0 Å². The number of nitrogens with zero attached hydrogens (tertiary/aromatic N) is 6. The monoisotopic (exact) mass is 538 g/mol. The Hall–Kier alpha value is -4.11. The van der Waals surface area contributed by atoms with Gasteiger partial charge in [-0.2, -0.15) is 4.98 Å². The van der Waals surface area contributed by atoms with Crippen molar-refractivity contribution < 1.29 is 0 Å². The van der Waals surface area contributed by atoms with E-state index in [-0.39, 0.29) is 5.56 Å². The molecule has 0 atom stereocenters. The first kappa shape index (κ1) is 26.1. The molecular formula is C31H38N8O. The number of pyridine rings is 1. The van der Waals surface area contributed by atoms with Crippen molar-refractivity contribution in [2.75, 3.05) is 67.8 Å². The summed E-state index contributed by atoms with van der Waals surface area (Å²) in [7, 11) is 6.25. The molecule has 4 aromatic rings. The molecule has 0 unspecified atom stereocenters. The largest absolute Gasteiger partial charge is 0.381 e. The molecule has 1 saturated carbocycles. The molecule has 9 heteroatoms. The van der Waals surface area contributed by atoms with Crippen molar-refractivity contribution in [3.05, 3.63) is 70.6 Å². The summed E-state index contributed by atoms with van der Waals surface area (Å²) in [6.45, 7) is 5.41. The summed E-state index contributed by atoms with van der Waals surface area (Å²) in [5.41, 5.74) is 6.27. The maximum absolute atomic E-state index is 14.4. The van der Waals surface area contributed by atoms with Gasteiger partial charge < -0.3 is 25.3 Å². The second-order valence-electron chi connectivity index (χ2n) is 11.2. The van der Waals surface area contributed by atoms with Crippen molar-refractivity contribution >= 4 is 39.7 Å². The van der Waals surface area contributed by atoms with Gasteiger partial charge in [0.05, 0.1) is 17.1 Å². The van der Waals surface area contributed by atoms with E-state index in [0.717, 1.165) is 66.2 Å². The predicted molar refractivity (Wildman–Crippen MR) is 165 cm³/mol. The number of nitrogens with one attached hydrogen (secondary N) is 2. The quantitative estimate of drug-likeness (QED) is 0.337. The van der Waals surface area contributed by atoms with E-state index in [2.05, 4.69) is 82.6 Å². The number of para-hydroxylation sites is 1. The van der Waals surface area contributed by atoms with E-state index in [9.17, 15) is 4.79 Å². The maximum Gasteiger partial charge on any atom is 0.280 e. The Labute approximate surface area is 235 Å². The number of aryl methyl sites for hydroxylation is 1. The summed E-state index contributed by atoms with van der Waals surface area (Å²) in [4.78, 5) is 30.4. The first-order chi connectivity index (χ1) is 19.4. The normalized spacial score (nSPS) is 15.1. The molecule has 0 saturated heterocycles. The molecule has 0 spiro atoms. The molecule has 0 bridgehead atoms. The summed E-state index contributed by atoms with van der Waals surface area (Å²) in [6.07, 6.45) is 5.31. The van der Waals surface area contributed by atoms with Crippen LogP contribution < -0.4 is 26.0 Å². The first-order valence-electron chi connectivity index (χ1n) is 14.2. The minimum absolute atomic E-state index is 0.0936. The topological polar surface area (TPSA) is 81.6 Å². The number of benzene rings is 2. The molecule has 9 nitrogen and oxygen atoms in total. The fourth-order valence-corrected chi connectivity index (χ4v) is 5.43. The Bertz CT molecular complexity index is 1580. The Morgan fingerprint density at radius 1 is 1.05 bits per heavy atom. The minimum atomic E-state index is -0.0936. The molecule has 0 radical (unpaired) electrons. The average molecular weight is 539 g/mol. The van der Waals surface area contributed by atoms with E-state index in [4.69, 9.17) is 4.98 Å². The van der Waals surface area contributed by atoms with E-state index in [0.29, 0.717) is 29.9 Å². The number of likely N-dealkylation sites (N-methyl/N-ethyl adjacent to an activating group) is 2. The zero-order valence-corrected chi connectivity index (χ0v) is 23.8. The number of fused-ring (bicyclic) bond motifs is 2. The van der Waals surface area contributed by atoms with Crippen LogP contribution in [0, 0.1) is 6.92 Å². The molecular weight excluding hydrogens is 500 g/mol. The van der Waals surface area contributed by atoms with E-state index in [1.165, 1.54) is 6.42 Å². The van der Waals surface area contributed by atoms with Crippen LogP contribution in [0.15, 0.2) is 59.5 Å². The van der Waals surface area contributed by atoms with E-state index in [1.807, 2.05) is 30.5 Å². The van der Waals surface area contributed by atoms with Crippen molar-refractivity contribution in [2.24, 2.45) is 0 Å². The van der Waals surface area contributed by atoms with Crippen molar-refractivity contribution in [2.45, 2.75) is 32.2 Å². The Balaban J connectivity index is 1.47. The van der Waals surface area contributed by atoms with E-state index in [1.54, 1.807) is 4.57 Å². The first-order valence-corrected chi connectivity index (χ1v) is 14.2. The van der Waals surface area contributed by atoms with Gasteiger partial charge in [-0.15, -0.1) is 0 Å². The average Bonchev–Trinajstić information content (AvgIpc) is 2.93. The van der Waals surface area contributed by atoms with Gasteiger partial charge in [0.25, 0.3) is 5.56 Å². The predicted octanol–water partition coefficient (Wildman–Crippen LogP) is 4.61. The Morgan fingerprint density at radius 3 is 2.58 bits per heavy atom. The molecule has 6 rings (SSSR count). The minimum Gasteiger partial charge on any atom is -0.381 e. The van der Waals surface area contributed by atoms with Crippen LogP contribution in [0.1, 0.15) is 24.8 Å². The molecule has 208 valence electrons. The van der Waals surface area contributed by atoms with Gasteiger partial charge in [0.1, 0.15) is 5.69 Å². The van der Waals surface area contributed by atoms with Crippen LogP contribution in [0.5, 0.6) is 0 Å². The molecule has 3 heterocycles. The highest BCUT2D eigenvalue weighted by molar-refractivity contribution is 5.86. The van der Waals surface area contributed by atoms with Crippen LogP contribution in [0.3, 0.4) is 0 Å². The SMILES string of the molecule is Cc1cccc2c1NCCN2c1cc2cnc(NC3CCC3)nc2n(-c2ccc(N(C)CCN(C)C)cc2)c1=O. The fraction of sp³-hybridized carbons (Fsp3) is 0.387. The lowest BCUT2D eigenvalue weighted by atomic mass is 9.93. The number of anilines is 5. The summed E-state index contributed by atoms with van der Waals surface area (Å²) in [5, 5.41) is 7.79. The highest BCUT2D eigenvalue weighted by atomic mass is 16.1. The second-order valence-corrected chi connectivity index (χ2v) is 11.2. The maximum atomic E-state index is 14.4. The van der Waals surface area contributed by atoms with Crippen LogP contribution in [-0.4, -0.2) is 72.8 Å². The van der Waals surface area contributed by atoms with Gasteiger partial charge in [-0.25, -0.2) is 4.98 Å². The van der Waals surface area contributed by atoms with Crippen LogP contribution in [0.2, 0.25) is 0 Å².